The van der Waals surface area contributed by atoms with E-state index in [2.05, 4.69) is 13.8 Å². The number of hydrogen-bond donors (Lipinski definition) is 1. The minimum absolute atomic E-state index is 0.0178. The van der Waals surface area contributed by atoms with Gasteiger partial charge >= 0.3 is 5.97 Å². The molecule has 0 spiro atoms. The van der Waals surface area contributed by atoms with Gasteiger partial charge in [-0.3, -0.25) is 4.79 Å². The Bertz CT molecular complexity index is 411. The summed E-state index contributed by atoms with van der Waals surface area (Å²) in [5, 5.41) is 8.46. The van der Waals surface area contributed by atoms with Gasteiger partial charge in [-0.1, -0.05) is 38.1 Å². The summed E-state index contributed by atoms with van der Waals surface area (Å²) in [6.07, 6.45) is 0.199. The second-order valence-corrected chi connectivity index (χ2v) is 5.25. The lowest BCUT2D eigenvalue weighted by molar-refractivity contribution is -0.137. The molecule has 1 aromatic rings. The van der Waals surface area contributed by atoms with Crippen molar-refractivity contribution in [1.29, 1.82) is 0 Å². The third-order valence-electron chi connectivity index (χ3n) is 2.90. The molecule has 0 amide bonds. The van der Waals surface area contributed by atoms with Crippen molar-refractivity contribution in [2.75, 3.05) is 0 Å². The van der Waals surface area contributed by atoms with Gasteiger partial charge in [0.15, 0.2) is 0 Å². The highest BCUT2D eigenvalue weighted by Gasteiger charge is 2.30. The molecule has 19 heavy (non-hydrogen) atoms. The average Bonchev–Trinajstić information content (AvgIpc) is 2.28. The Kier molecular flexibility index (Phi) is 5.45. The lowest BCUT2D eigenvalue weighted by Crippen LogP contribution is -2.14. The molecule has 1 aromatic carbocycles. The van der Waals surface area contributed by atoms with Crippen molar-refractivity contribution >= 4 is 5.97 Å². The van der Waals surface area contributed by atoms with Gasteiger partial charge in [-0.25, -0.2) is 8.78 Å². The first-order chi connectivity index (χ1) is 8.81. The molecule has 0 saturated heterocycles. The van der Waals surface area contributed by atoms with E-state index in [9.17, 15) is 13.6 Å². The van der Waals surface area contributed by atoms with Gasteiger partial charge in [-0.15, -0.1) is 0 Å². The third-order valence-corrected chi connectivity index (χ3v) is 2.90. The molecular weight excluding hydrogens is 250 g/mol. The van der Waals surface area contributed by atoms with E-state index in [0.29, 0.717) is 5.92 Å². The number of carbonyl (C=O) groups is 1. The average molecular weight is 270 g/mol. The van der Waals surface area contributed by atoms with Crippen molar-refractivity contribution in [3.63, 3.8) is 0 Å². The van der Waals surface area contributed by atoms with Gasteiger partial charge in [0, 0.05) is 18.4 Å². The van der Waals surface area contributed by atoms with Crippen LogP contribution in [0.25, 0.3) is 0 Å². The molecule has 2 nitrogen and oxygen atoms in total. The minimum Gasteiger partial charge on any atom is -0.481 e. The zero-order chi connectivity index (χ0) is 14.5. The molecule has 0 aliphatic heterocycles. The minimum atomic E-state index is -2.95. The number of halogens is 2. The molecule has 0 fully saturated rings. The van der Waals surface area contributed by atoms with Gasteiger partial charge in [0.05, 0.1) is 0 Å². The van der Waals surface area contributed by atoms with Crippen molar-refractivity contribution in [3.8, 4) is 0 Å². The second-order valence-electron chi connectivity index (χ2n) is 5.25. The van der Waals surface area contributed by atoms with E-state index >= 15 is 0 Å². The van der Waals surface area contributed by atoms with Crippen LogP contribution in [0.5, 0.6) is 0 Å². The number of benzene rings is 1. The predicted molar refractivity (Wildman–Crippen MR) is 70.4 cm³/mol. The summed E-state index contributed by atoms with van der Waals surface area (Å²) >= 11 is 0. The fourth-order valence-electron chi connectivity index (χ4n) is 1.96. The van der Waals surface area contributed by atoms with Crippen LogP contribution >= 0.6 is 0 Å². The maximum Gasteiger partial charge on any atom is 0.303 e. The van der Waals surface area contributed by atoms with E-state index in [1.807, 2.05) is 0 Å². The van der Waals surface area contributed by atoms with Crippen molar-refractivity contribution in [2.45, 2.75) is 45.5 Å². The van der Waals surface area contributed by atoms with Crippen molar-refractivity contribution < 1.29 is 18.7 Å². The predicted octanol–water partition coefficient (Wildman–Crippen LogP) is 4.23. The smallest absolute Gasteiger partial charge is 0.303 e. The Morgan fingerprint density at radius 1 is 1.26 bits per heavy atom. The molecule has 0 unspecified atom stereocenters. The molecule has 1 N–H and O–H groups in total. The summed E-state index contributed by atoms with van der Waals surface area (Å²) in [5.74, 6) is -3.50. The number of carboxylic acids is 1. The molecule has 4 heteroatoms. The van der Waals surface area contributed by atoms with E-state index < -0.39 is 18.3 Å². The number of alkyl halides is 2. The Hall–Kier alpha value is -1.45. The Balaban J connectivity index is 2.64. The first kappa shape index (κ1) is 15.6. The van der Waals surface area contributed by atoms with Gasteiger partial charge in [0.2, 0.25) is 0 Å². The topological polar surface area (TPSA) is 37.3 Å². The normalized spacial score (nSPS) is 11.8. The fraction of sp³-hybridized carbons (Fsp3) is 0.533. The SMILES string of the molecule is CC(C)Cc1ccc(C(F)(F)CCCC(=O)O)cc1. The number of aliphatic carboxylic acids is 1. The lowest BCUT2D eigenvalue weighted by Gasteiger charge is -2.17. The summed E-state index contributed by atoms with van der Waals surface area (Å²) in [6.45, 7) is 4.16. The van der Waals surface area contributed by atoms with E-state index in [-0.39, 0.29) is 18.4 Å². The van der Waals surface area contributed by atoms with Crippen molar-refractivity contribution in [3.05, 3.63) is 35.4 Å². The first-order valence-corrected chi connectivity index (χ1v) is 6.50. The van der Waals surface area contributed by atoms with Gasteiger partial charge in [0.25, 0.3) is 5.92 Å². The Morgan fingerprint density at radius 2 is 1.84 bits per heavy atom. The highest BCUT2D eigenvalue weighted by atomic mass is 19.3. The molecule has 0 atom stereocenters. The lowest BCUT2D eigenvalue weighted by atomic mass is 9.98. The Labute approximate surface area is 112 Å². The Morgan fingerprint density at radius 3 is 2.32 bits per heavy atom. The van der Waals surface area contributed by atoms with Crippen LogP contribution in [0.1, 0.15) is 44.2 Å². The summed E-state index contributed by atoms with van der Waals surface area (Å²) in [5.41, 5.74) is 1.01. The summed E-state index contributed by atoms with van der Waals surface area (Å²) in [4.78, 5) is 10.3. The quantitative estimate of drug-likeness (QED) is 0.805. The molecule has 0 bridgehead atoms. The molecule has 0 aliphatic rings. The van der Waals surface area contributed by atoms with Gasteiger partial charge in [-0.2, -0.15) is 0 Å². The van der Waals surface area contributed by atoms with Crippen LogP contribution in [-0.4, -0.2) is 11.1 Å². The molecule has 0 saturated carbocycles. The van der Waals surface area contributed by atoms with E-state index in [4.69, 9.17) is 5.11 Å². The van der Waals surface area contributed by atoms with E-state index in [1.165, 1.54) is 12.1 Å². The maximum atomic E-state index is 13.8. The fourth-order valence-corrected chi connectivity index (χ4v) is 1.96. The number of rotatable bonds is 7. The van der Waals surface area contributed by atoms with E-state index in [1.54, 1.807) is 12.1 Å². The molecule has 0 heterocycles. The second kappa shape index (κ2) is 6.64. The van der Waals surface area contributed by atoms with E-state index in [0.717, 1.165) is 12.0 Å². The monoisotopic (exact) mass is 270 g/mol. The number of carboxylic acid groups (broad SMARTS) is 1. The van der Waals surface area contributed by atoms with Gasteiger partial charge in [0.1, 0.15) is 0 Å². The zero-order valence-electron chi connectivity index (χ0n) is 11.3. The molecule has 0 radical (unpaired) electrons. The summed E-state index contributed by atoms with van der Waals surface area (Å²) < 4.78 is 27.6. The van der Waals surface area contributed by atoms with Gasteiger partial charge in [-0.05, 0) is 24.3 Å². The third kappa shape index (κ3) is 5.37. The molecule has 0 aromatic heterocycles. The summed E-state index contributed by atoms with van der Waals surface area (Å²) in [7, 11) is 0. The summed E-state index contributed by atoms with van der Waals surface area (Å²) in [6, 6.07) is 6.33. The maximum absolute atomic E-state index is 13.8. The van der Waals surface area contributed by atoms with Crippen LogP contribution in [0.15, 0.2) is 24.3 Å². The molecule has 1 rings (SSSR count). The van der Waals surface area contributed by atoms with Crippen molar-refractivity contribution in [2.24, 2.45) is 5.92 Å². The molecule has 0 aliphatic carbocycles. The van der Waals surface area contributed by atoms with Crippen LogP contribution in [0.4, 0.5) is 8.78 Å². The first-order valence-electron chi connectivity index (χ1n) is 6.50. The number of hydrogen-bond acceptors (Lipinski definition) is 1. The highest BCUT2D eigenvalue weighted by molar-refractivity contribution is 5.66. The van der Waals surface area contributed by atoms with Crippen LogP contribution in [0.2, 0.25) is 0 Å². The van der Waals surface area contributed by atoms with Crippen LogP contribution in [0, 0.1) is 5.92 Å². The largest absolute Gasteiger partial charge is 0.481 e. The molecule has 106 valence electrons. The van der Waals surface area contributed by atoms with Crippen molar-refractivity contribution in [1.82, 2.24) is 0 Å². The standard InChI is InChI=1S/C15H20F2O2/c1-11(2)10-12-5-7-13(8-6-12)15(16,17)9-3-4-14(18)19/h5-8,11H,3-4,9-10H2,1-2H3,(H,18,19). The highest BCUT2D eigenvalue weighted by Crippen LogP contribution is 2.33. The zero-order valence-corrected chi connectivity index (χ0v) is 11.3. The molecular formula is C15H20F2O2. The van der Waals surface area contributed by atoms with Crippen LogP contribution < -0.4 is 0 Å². The van der Waals surface area contributed by atoms with Crippen LogP contribution in [-0.2, 0) is 17.1 Å². The van der Waals surface area contributed by atoms with Crippen LogP contribution in [0.3, 0.4) is 0 Å². The van der Waals surface area contributed by atoms with Gasteiger partial charge < -0.3 is 5.11 Å².